The van der Waals surface area contributed by atoms with E-state index < -0.39 is 0 Å². The number of para-hydroxylation sites is 1. The van der Waals surface area contributed by atoms with Crippen LogP contribution in [0.1, 0.15) is 51.3 Å². The van der Waals surface area contributed by atoms with Gasteiger partial charge in [-0.25, -0.2) is 0 Å². The van der Waals surface area contributed by atoms with Crippen LogP contribution in [0.15, 0.2) is 60.7 Å². The minimum absolute atomic E-state index is 0.0301. The van der Waals surface area contributed by atoms with E-state index in [1.165, 1.54) is 18.4 Å². The van der Waals surface area contributed by atoms with Gasteiger partial charge in [-0.2, -0.15) is 5.10 Å². The van der Waals surface area contributed by atoms with Crippen LogP contribution in [0.5, 0.6) is 0 Å². The molecule has 0 saturated heterocycles. The molecule has 4 rings (SSSR count). The lowest BCUT2D eigenvalue weighted by Gasteiger charge is -2.25. The minimum Gasteiger partial charge on any atom is -0.275 e. The van der Waals surface area contributed by atoms with Crippen LogP contribution < -0.4 is 0 Å². The normalized spacial score (nSPS) is 12.0. The van der Waals surface area contributed by atoms with Crippen molar-refractivity contribution in [1.29, 1.82) is 0 Å². The molecule has 0 aliphatic carbocycles. The van der Waals surface area contributed by atoms with Crippen LogP contribution in [0.25, 0.3) is 22.7 Å². The maximum Gasteiger partial charge on any atom is 0.168 e. The van der Waals surface area contributed by atoms with Crippen molar-refractivity contribution in [2.24, 2.45) is 0 Å². The van der Waals surface area contributed by atoms with Crippen molar-refractivity contribution < 1.29 is 0 Å². The highest BCUT2D eigenvalue weighted by Gasteiger charge is 2.31. The Balaban J connectivity index is 2.03. The number of nitrogens with zero attached hydrogens (tertiary/aromatic N) is 4. The second-order valence-electron chi connectivity index (χ2n) is 8.12. The smallest absolute Gasteiger partial charge is 0.168 e. The Labute approximate surface area is 166 Å². The molecule has 0 aliphatic rings. The van der Waals surface area contributed by atoms with E-state index in [4.69, 9.17) is 10.2 Å². The quantitative estimate of drug-likeness (QED) is 0.418. The summed E-state index contributed by atoms with van der Waals surface area (Å²) in [4.78, 5) is 0. The lowest BCUT2D eigenvalue weighted by Crippen LogP contribution is -2.19. The summed E-state index contributed by atoms with van der Waals surface area (Å²) >= 11 is 0. The van der Waals surface area contributed by atoms with E-state index >= 15 is 0 Å². The van der Waals surface area contributed by atoms with Crippen LogP contribution in [-0.2, 0) is 5.41 Å². The average molecular weight is 373 g/mol. The van der Waals surface area contributed by atoms with Gasteiger partial charge in [-0.3, -0.25) is 4.57 Å². The minimum atomic E-state index is 0.0301. The van der Waals surface area contributed by atoms with Crippen molar-refractivity contribution in [3.8, 4) is 17.1 Å². The maximum atomic E-state index is 4.90. The Hall–Kier alpha value is -2.88. The highest BCUT2D eigenvalue weighted by atomic mass is 15.5. The van der Waals surface area contributed by atoms with Crippen LogP contribution in [0.3, 0.4) is 0 Å². The summed E-state index contributed by atoms with van der Waals surface area (Å²) in [5.74, 6) is 0.918. The molecule has 0 aliphatic heterocycles. The molecule has 4 aromatic rings. The van der Waals surface area contributed by atoms with E-state index in [-0.39, 0.29) is 5.41 Å². The molecule has 144 valence electrons. The molecule has 0 amide bonds. The molecule has 2 aromatic heterocycles. The summed E-state index contributed by atoms with van der Waals surface area (Å²) in [6.07, 6.45) is 3.53. The number of unbranched alkanes of at least 4 members (excludes halogenated alkanes) is 1. The molecular weight excluding hydrogens is 344 g/mol. The van der Waals surface area contributed by atoms with Gasteiger partial charge in [0.05, 0.1) is 5.69 Å². The summed E-state index contributed by atoms with van der Waals surface area (Å²) < 4.78 is 4.09. The summed E-state index contributed by atoms with van der Waals surface area (Å²) in [6, 6.07) is 20.8. The zero-order chi connectivity index (χ0) is 19.7. The van der Waals surface area contributed by atoms with E-state index in [1.54, 1.807) is 0 Å². The van der Waals surface area contributed by atoms with Crippen LogP contribution in [0.2, 0.25) is 0 Å². The number of aryl methyl sites for hydroxylation is 1. The van der Waals surface area contributed by atoms with Gasteiger partial charge in [-0.05, 0) is 30.9 Å². The first kappa shape index (κ1) is 18.5. The number of aromatic nitrogens is 4. The van der Waals surface area contributed by atoms with Crippen LogP contribution >= 0.6 is 0 Å². The molecule has 0 saturated carbocycles. The highest BCUT2D eigenvalue weighted by Crippen LogP contribution is 2.37. The van der Waals surface area contributed by atoms with Gasteiger partial charge in [0.15, 0.2) is 11.5 Å². The topological polar surface area (TPSA) is 35.1 Å². The van der Waals surface area contributed by atoms with E-state index in [1.807, 2.05) is 16.8 Å². The summed E-state index contributed by atoms with van der Waals surface area (Å²) in [5, 5.41) is 9.71. The maximum absolute atomic E-state index is 4.90. The number of benzene rings is 2. The van der Waals surface area contributed by atoms with Gasteiger partial charge in [0, 0.05) is 16.8 Å². The predicted octanol–water partition coefficient (Wildman–Crippen LogP) is 5.96. The number of hydrogen-bond donors (Lipinski definition) is 0. The number of hydrogen-bond acceptors (Lipinski definition) is 2. The third kappa shape index (κ3) is 3.13. The van der Waals surface area contributed by atoms with Crippen molar-refractivity contribution in [3.05, 3.63) is 71.9 Å². The van der Waals surface area contributed by atoms with Gasteiger partial charge in [-0.1, -0.05) is 82.1 Å². The van der Waals surface area contributed by atoms with Gasteiger partial charge >= 0.3 is 0 Å². The lowest BCUT2D eigenvalue weighted by molar-refractivity contribution is 0.458. The van der Waals surface area contributed by atoms with Crippen molar-refractivity contribution in [3.63, 3.8) is 0 Å². The third-order valence-corrected chi connectivity index (χ3v) is 5.51. The van der Waals surface area contributed by atoms with Gasteiger partial charge in [-0.15, -0.1) is 9.73 Å². The molecular formula is C24H28N4. The van der Waals surface area contributed by atoms with Crippen LogP contribution in [0, 0.1) is 6.92 Å². The molecule has 28 heavy (non-hydrogen) atoms. The second-order valence-corrected chi connectivity index (χ2v) is 8.12. The molecule has 0 bridgehead atoms. The Morgan fingerprint density at radius 2 is 1.54 bits per heavy atom. The summed E-state index contributed by atoms with van der Waals surface area (Å²) in [7, 11) is 0. The second kappa shape index (κ2) is 7.27. The zero-order valence-corrected chi connectivity index (χ0v) is 17.2. The standard InChI is InChI=1S/C24H28N4/c1-5-6-17-24(3,4)21-18(2)25-28-23(21)27(20-15-11-8-12-16-20)22(26-28)19-13-9-7-10-14-19/h7-16H,5-6,17H2,1-4H3. The Kier molecular flexibility index (Phi) is 4.80. The molecule has 2 aromatic carbocycles. The summed E-state index contributed by atoms with van der Waals surface area (Å²) in [5.41, 5.74) is 5.65. The average Bonchev–Trinajstić information content (AvgIpc) is 3.22. The van der Waals surface area contributed by atoms with Gasteiger partial charge < -0.3 is 0 Å². The zero-order valence-electron chi connectivity index (χ0n) is 17.2. The molecule has 4 nitrogen and oxygen atoms in total. The van der Waals surface area contributed by atoms with Crippen molar-refractivity contribution >= 4 is 5.65 Å². The predicted molar refractivity (Wildman–Crippen MR) is 115 cm³/mol. The fourth-order valence-corrected chi connectivity index (χ4v) is 4.14. The van der Waals surface area contributed by atoms with Crippen molar-refractivity contribution in [1.82, 2.24) is 19.4 Å². The van der Waals surface area contributed by atoms with Crippen LogP contribution in [0.4, 0.5) is 0 Å². The van der Waals surface area contributed by atoms with E-state index in [9.17, 15) is 0 Å². The van der Waals surface area contributed by atoms with Crippen molar-refractivity contribution in [2.45, 2.75) is 52.4 Å². The van der Waals surface area contributed by atoms with E-state index in [0.29, 0.717) is 0 Å². The Morgan fingerprint density at radius 1 is 0.893 bits per heavy atom. The summed E-state index contributed by atoms with van der Waals surface area (Å²) in [6.45, 7) is 9.02. The van der Waals surface area contributed by atoms with Gasteiger partial charge in [0.25, 0.3) is 0 Å². The van der Waals surface area contributed by atoms with Crippen molar-refractivity contribution in [2.75, 3.05) is 0 Å². The first-order valence-electron chi connectivity index (χ1n) is 10.1. The SMILES string of the molecule is CCCCC(C)(C)c1c(C)nn2nc(-c3ccccc3)n(-c3ccccc3)c12. The number of fused-ring (bicyclic) bond motifs is 1. The molecule has 0 atom stereocenters. The fourth-order valence-electron chi connectivity index (χ4n) is 4.14. The van der Waals surface area contributed by atoms with Crippen LogP contribution in [-0.4, -0.2) is 19.4 Å². The molecule has 0 fully saturated rings. The fraction of sp³-hybridized carbons (Fsp3) is 0.333. The largest absolute Gasteiger partial charge is 0.275 e. The van der Waals surface area contributed by atoms with E-state index in [2.05, 4.69) is 80.8 Å². The van der Waals surface area contributed by atoms with Gasteiger partial charge in [0.2, 0.25) is 0 Å². The molecule has 2 heterocycles. The molecule has 0 N–H and O–H groups in total. The number of rotatable bonds is 6. The van der Waals surface area contributed by atoms with E-state index in [0.717, 1.165) is 34.8 Å². The highest BCUT2D eigenvalue weighted by molar-refractivity contribution is 5.68. The lowest BCUT2D eigenvalue weighted by atomic mass is 9.80. The molecule has 0 spiro atoms. The third-order valence-electron chi connectivity index (χ3n) is 5.51. The molecule has 0 unspecified atom stereocenters. The molecule has 4 heteroatoms. The Bertz CT molecular complexity index is 1070. The molecule has 0 radical (unpaired) electrons. The first-order valence-corrected chi connectivity index (χ1v) is 10.1. The first-order chi connectivity index (χ1) is 13.5. The monoisotopic (exact) mass is 372 g/mol. The Morgan fingerprint density at radius 3 is 2.18 bits per heavy atom. The van der Waals surface area contributed by atoms with Gasteiger partial charge in [0.1, 0.15) is 0 Å².